The van der Waals surface area contributed by atoms with Crippen molar-refractivity contribution in [2.75, 3.05) is 31.2 Å². The second-order valence-corrected chi connectivity index (χ2v) is 5.97. The van der Waals surface area contributed by atoms with Crippen LogP contribution in [0.2, 0.25) is 5.02 Å². The molecule has 0 unspecified atom stereocenters. The summed E-state index contributed by atoms with van der Waals surface area (Å²) in [4.78, 5) is 6.67. The van der Waals surface area contributed by atoms with Crippen molar-refractivity contribution < 1.29 is 9.84 Å². The van der Waals surface area contributed by atoms with Crippen LogP contribution in [-0.4, -0.2) is 37.6 Å². The van der Waals surface area contributed by atoms with E-state index in [-0.39, 0.29) is 5.75 Å². The summed E-state index contributed by atoms with van der Waals surface area (Å²) < 4.78 is 5.39. The number of halogens is 1. The summed E-state index contributed by atoms with van der Waals surface area (Å²) in [5.41, 5.74) is 3.88. The van der Waals surface area contributed by atoms with Crippen LogP contribution in [0.25, 0.3) is 0 Å². The second-order valence-electron chi connectivity index (χ2n) is 5.53. The molecule has 1 N–H and O–H groups in total. The maximum Gasteiger partial charge on any atom is 0.142 e. The van der Waals surface area contributed by atoms with Gasteiger partial charge in [0.2, 0.25) is 0 Å². The zero-order chi connectivity index (χ0) is 16.2. The molecular formula is C18H19ClN2O2. The average molecular weight is 331 g/mol. The van der Waals surface area contributed by atoms with E-state index < -0.39 is 0 Å². The van der Waals surface area contributed by atoms with E-state index in [9.17, 15) is 5.11 Å². The predicted molar refractivity (Wildman–Crippen MR) is 94.6 cm³/mol. The Balaban J connectivity index is 1.79. The van der Waals surface area contributed by atoms with Gasteiger partial charge in [-0.2, -0.15) is 0 Å². The fourth-order valence-corrected chi connectivity index (χ4v) is 2.73. The molecule has 23 heavy (non-hydrogen) atoms. The van der Waals surface area contributed by atoms with Gasteiger partial charge in [-0.1, -0.05) is 17.7 Å². The molecule has 0 atom stereocenters. The minimum absolute atomic E-state index is 0.0799. The number of ether oxygens (including phenoxy) is 1. The Morgan fingerprint density at radius 2 is 1.96 bits per heavy atom. The molecule has 0 aromatic heterocycles. The third-order valence-electron chi connectivity index (χ3n) is 3.91. The normalized spacial score (nSPS) is 15.3. The number of aryl methyl sites for hydroxylation is 1. The number of aromatic hydroxyl groups is 1. The van der Waals surface area contributed by atoms with Crippen LogP contribution in [0.5, 0.6) is 5.75 Å². The summed E-state index contributed by atoms with van der Waals surface area (Å²) in [6.45, 7) is 5.46. The van der Waals surface area contributed by atoms with Gasteiger partial charge in [-0.3, -0.25) is 4.99 Å². The third kappa shape index (κ3) is 3.84. The van der Waals surface area contributed by atoms with E-state index in [1.54, 1.807) is 18.3 Å². The lowest BCUT2D eigenvalue weighted by Crippen LogP contribution is -2.36. The molecule has 1 aliphatic heterocycles. The topological polar surface area (TPSA) is 45.1 Å². The number of morpholine rings is 1. The van der Waals surface area contributed by atoms with Crippen LogP contribution in [0.4, 0.5) is 11.4 Å². The molecule has 120 valence electrons. The molecule has 2 aromatic carbocycles. The highest BCUT2D eigenvalue weighted by Crippen LogP contribution is 2.29. The lowest BCUT2D eigenvalue weighted by Gasteiger charge is -2.29. The monoisotopic (exact) mass is 330 g/mol. The highest BCUT2D eigenvalue weighted by atomic mass is 35.5. The minimum atomic E-state index is 0.0799. The van der Waals surface area contributed by atoms with Crippen LogP contribution in [0, 0.1) is 6.92 Å². The van der Waals surface area contributed by atoms with Gasteiger partial charge in [0.05, 0.1) is 13.2 Å². The number of phenols is 1. The maximum atomic E-state index is 9.84. The van der Waals surface area contributed by atoms with Crippen LogP contribution >= 0.6 is 11.6 Å². The Labute approximate surface area is 141 Å². The number of anilines is 1. The van der Waals surface area contributed by atoms with Crippen molar-refractivity contribution in [3.05, 3.63) is 52.5 Å². The molecule has 0 radical (unpaired) electrons. The molecule has 4 nitrogen and oxygen atoms in total. The largest absolute Gasteiger partial charge is 0.506 e. The smallest absolute Gasteiger partial charge is 0.142 e. The summed E-state index contributed by atoms with van der Waals surface area (Å²) in [5.74, 6) is 0.0799. The second kappa shape index (κ2) is 7.02. The molecular weight excluding hydrogens is 312 g/mol. The number of phenolic OH excluding ortho intramolecular Hbond substituents is 1. The first kappa shape index (κ1) is 15.8. The summed E-state index contributed by atoms with van der Waals surface area (Å²) in [6, 6.07) is 11.2. The van der Waals surface area contributed by atoms with Gasteiger partial charge in [-0.05, 0) is 42.3 Å². The van der Waals surface area contributed by atoms with Crippen LogP contribution in [0.1, 0.15) is 11.1 Å². The fourth-order valence-electron chi connectivity index (χ4n) is 2.57. The molecule has 0 saturated carbocycles. The maximum absolute atomic E-state index is 9.84. The van der Waals surface area contributed by atoms with Crippen molar-refractivity contribution in [1.29, 1.82) is 0 Å². The lowest BCUT2D eigenvalue weighted by atomic mass is 10.1. The zero-order valence-electron chi connectivity index (χ0n) is 13.0. The molecule has 1 heterocycles. The number of hydrogen-bond acceptors (Lipinski definition) is 4. The minimum Gasteiger partial charge on any atom is -0.506 e. The molecule has 0 spiro atoms. The van der Waals surface area contributed by atoms with Gasteiger partial charge in [0.1, 0.15) is 11.4 Å². The Morgan fingerprint density at radius 1 is 1.17 bits per heavy atom. The SMILES string of the molecule is Cc1cc(N2CCOCC2)ccc1C=Nc1ccc(Cl)cc1O. The van der Waals surface area contributed by atoms with Crippen LogP contribution < -0.4 is 4.90 Å². The molecule has 2 aromatic rings. The predicted octanol–water partition coefficient (Wildman–Crippen LogP) is 3.94. The van der Waals surface area contributed by atoms with Gasteiger partial charge < -0.3 is 14.7 Å². The fraction of sp³-hybridized carbons (Fsp3) is 0.278. The Bertz CT molecular complexity index is 725. The lowest BCUT2D eigenvalue weighted by molar-refractivity contribution is 0.122. The van der Waals surface area contributed by atoms with E-state index in [2.05, 4.69) is 35.0 Å². The van der Waals surface area contributed by atoms with E-state index in [0.29, 0.717) is 10.7 Å². The van der Waals surface area contributed by atoms with E-state index in [0.717, 1.165) is 37.4 Å². The average Bonchev–Trinajstić information content (AvgIpc) is 2.56. The van der Waals surface area contributed by atoms with Gasteiger partial charge in [-0.15, -0.1) is 0 Å². The molecule has 1 fully saturated rings. The number of benzene rings is 2. The summed E-state index contributed by atoms with van der Waals surface area (Å²) in [5, 5.41) is 10.3. The third-order valence-corrected chi connectivity index (χ3v) is 4.14. The van der Waals surface area contributed by atoms with Gasteiger partial charge in [-0.25, -0.2) is 0 Å². The zero-order valence-corrected chi connectivity index (χ0v) is 13.8. The van der Waals surface area contributed by atoms with Crippen LogP contribution in [0.15, 0.2) is 41.4 Å². The van der Waals surface area contributed by atoms with Gasteiger partial charge in [0, 0.05) is 36.1 Å². The van der Waals surface area contributed by atoms with E-state index in [1.807, 2.05) is 0 Å². The van der Waals surface area contributed by atoms with Crippen LogP contribution in [-0.2, 0) is 4.74 Å². The van der Waals surface area contributed by atoms with E-state index in [1.165, 1.54) is 11.8 Å². The Hall–Kier alpha value is -2.04. The van der Waals surface area contributed by atoms with E-state index in [4.69, 9.17) is 16.3 Å². The Kier molecular flexibility index (Phi) is 4.84. The standard InChI is InChI=1S/C18H19ClN2O2/c1-13-10-16(21-6-8-23-9-7-21)4-2-14(13)12-20-17-5-3-15(19)11-18(17)22/h2-5,10-12,22H,6-9H2,1H3. The molecule has 0 aliphatic carbocycles. The molecule has 0 amide bonds. The van der Waals surface area contributed by atoms with Crippen molar-refractivity contribution >= 4 is 29.2 Å². The van der Waals surface area contributed by atoms with Gasteiger partial charge in [0.15, 0.2) is 0 Å². The molecule has 5 heteroatoms. The number of aliphatic imine (C=N–C) groups is 1. The first-order valence-corrected chi connectivity index (χ1v) is 7.97. The first-order chi connectivity index (χ1) is 11.1. The van der Waals surface area contributed by atoms with Gasteiger partial charge in [0.25, 0.3) is 0 Å². The highest BCUT2D eigenvalue weighted by molar-refractivity contribution is 6.30. The Morgan fingerprint density at radius 3 is 2.65 bits per heavy atom. The summed E-state index contributed by atoms with van der Waals surface area (Å²) in [7, 11) is 0. The van der Waals surface area contributed by atoms with Crippen LogP contribution in [0.3, 0.4) is 0 Å². The van der Waals surface area contributed by atoms with Crippen molar-refractivity contribution in [3.63, 3.8) is 0 Å². The highest BCUT2D eigenvalue weighted by Gasteiger charge is 2.11. The summed E-state index contributed by atoms with van der Waals surface area (Å²) in [6.07, 6.45) is 1.77. The number of rotatable bonds is 3. The summed E-state index contributed by atoms with van der Waals surface area (Å²) >= 11 is 5.83. The van der Waals surface area contributed by atoms with Crippen molar-refractivity contribution in [2.24, 2.45) is 4.99 Å². The number of nitrogens with zero attached hydrogens (tertiary/aromatic N) is 2. The molecule has 0 bridgehead atoms. The van der Waals surface area contributed by atoms with Crippen molar-refractivity contribution in [1.82, 2.24) is 0 Å². The molecule has 1 aliphatic rings. The van der Waals surface area contributed by atoms with Gasteiger partial charge >= 0.3 is 0 Å². The molecule has 1 saturated heterocycles. The number of hydrogen-bond donors (Lipinski definition) is 1. The van der Waals surface area contributed by atoms with E-state index >= 15 is 0 Å². The molecule has 3 rings (SSSR count). The van der Waals surface area contributed by atoms with Crippen molar-refractivity contribution in [2.45, 2.75) is 6.92 Å². The quantitative estimate of drug-likeness (QED) is 0.867. The van der Waals surface area contributed by atoms with Crippen molar-refractivity contribution in [3.8, 4) is 5.75 Å². The first-order valence-electron chi connectivity index (χ1n) is 7.59.